The SMILES string of the molecule is CC/C=C\C/C=C\C/C=C\C/C=C\CCCCCCC(=O)O[C@H](COCCCCCCCCCCCCCCCCCCCCCCCC)COP(=O)([O-])OCC[N+](C)(C)C. The molecule has 0 aromatic carbocycles. The van der Waals surface area contributed by atoms with Crippen molar-refractivity contribution in [3.05, 3.63) is 48.6 Å². The molecule has 0 rings (SSSR count). The highest BCUT2D eigenvalue weighted by Crippen LogP contribution is 2.38. The summed E-state index contributed by atoms with van der Waals surface area (Å²) >= 11 is 0. The van der Waals surface area contributed by atoms with Gasteiger partial charge in [0, 0.05) is 13.0 Å². The van der Waals surface area contributed by atoms with Gasteiger partial charge in [-0.1, -0.05) is 210 Å². The van der Waals surface area contributed by atoms with Gasteiger partial charge in [-0.2, -0.15) is 0 Å². The molecule has 9 heteroatoms. The van der Waals surface area contributed by atoms with Crippen LogP contribution in [0, 0.1) is 0 Å². The van der Waals surface area contributed by atoms with Gasteiger partial charge in [0.1, 0.15) is 19.3 Å². The molecule has 0 fully saturated rings. The van der Waals surface area contributed by atoms with Crippen LogP contribution in [0.25, 0.3) is 0 Å². The molecule has 0 aliphatic rings. The maximum absolute atomic E-state index is 12.7. The summed E-state index contributed by atoms with van der Waals surface area (Å²) in [7, 11) is 1.34. The Balaban J connectivity index is 4.14. The van der Waals surface area contributed by atoms with Crippen molar-refractivity contribution in [3.63, 3.8) is 0 Å². The van der Waals surface area contributed by atoms with E-state index in [2.05, 4.69) is 62.5 Å². The van der Waals surface area contributed by atoms with Gasteiger partial charge in [0.25, 0.3) is 7.82 Å². The highest BCUT2D eigenvalue weighted by molar-refractivity contribution is 7.45. The van der Waals surface area contributed by atoms with Gasteiger partial charge in [-0.05, 0) is 51.4 Å². The summed E-state index contributed by atoms with van der Waals surface area (Å²) in [4.78, 5) is 25.1. The van der Waals surface area contributed by atoms with Crippen molar-refractivity contribution in [1.29, 1.82) is 0 Å². The summed E-state index contributed by atoms with van der Waals surface area (Å²) in [6.07, 6.45) is 55.7. The van der Waals surface area contributed by atoms with Gasteiger partial charge in [0.15, 0.2) is 0 Å². The molecule has 0 saturated heterocycles. The molecule has 358 valence electrons. The van der Waals surface area contributed by atoms with E-state index in [9.17, 15) is 14.3 Å². The van der Waals surface area contributed by atoms with Crippen LogP contribution in [0.5, 0.6) is 0 Å². The molecule has 0 saturated carbocycles. The van der Waals surface area contributed by atoms with Crippen LogP contribution >= 0.6 is 7.82 Å². The lowest BCUT2D eigenvalue weighted by molar-refractivity contribution is -0.870. The maximum atomic E-state index is 12.7. The van der Waals surface area contributed by atoms with Crippen molar-refractivity contribution in [1.82, 2.24) is 0 Å². The molecule has 0 amide bonds. The van der Waals surface area contributed by atoms with E-state index in [1.165, 1.54) is 128 Å². The van der Waals surface area contributed by atoms with E-state index >= 15 is 0 Å². The minimum atomic E-state index is -4.54. The Hall–Kier alpha value is -1.54. The minimum absolute atomic E-state index is 0.0209. The summed E-state index contributed by atoms with van der Waals surface area (Å²) < 4.78 is 34.7. The predicted molar refractivity (Wildman–Crippen MR) is 259 cm³/mol. The Morgan fingerprint density at radius 3 is 1.43 bits per heavy atom. The number of phosphoric acid groups is 1. The third-order valence-electron chi connectivity index (χ3n) is 10.9. The van der Waals surface area contributed by atoms with Gasteiger partial charge in [-0.25, -0.2) is 0 Å². The number of hydrogen-bond donors (Lipinski definition) is 0. The monoisotopic (exact) mass is 880 g/mol. The first-order valence-electron chi connectivity index (χ1n) is 25.4. The summed E-state index contributed by atoms with van der Waals surface area (Å²) in [5, 5.41) is 0. The van der Waals surface area contributed by atoms with Crippen LogP contribution in [0.4, 0.5) is 0 Å². The summed E-state index contributed by atoms with van der Waals surface area (Å²) in [5.41, 5.74) is 0. The predicted octanol–water partition coefficient (Wildman–Crippen LogP) is 14.9. The van der Waals surface area contributed by atoms with E-state index in [0.29, 0.717) is 17.6 Å². The van der Waals surface area contributed by atoms with Crippen LogP contribution < -0.4 is 4.89 Å². The molecule has 0 aromatic rings. The number of esters is 1. The first-order valence-corrected chi connectivity index (χ1v) is 26.8. The van der Waals surface area contributed by atoms with Gasteiger partial charge in [0.2, 0.25) is 0 Å². The molecule has 0 heterocycles. The molecule has 0 N–H and O–H groups in total. The molecule has 0 aliphatic heterocycles. The normalized spacial score (nSPS) is 14.0. The van der Waals surface area contributed by atoms with Gasteiger partial charge < -0.3 is 27.9 Å². The fraction of sp³-hybridized carbons (Fsp3) is 0.827. The number of nitrogens with zero attached hydrogens (tertiary/aromatic N) is 1. The van der Waals surface area contributed by atoms with Gasteiger partial charge >= 0.3 is 5.97 Å². The van der Waals surface area contributed by atoms with Crippen LogP contribution in [0.1, 0.15) is 219 Å². The Bertz CT molecular complexity index is 1120. The minimum Gasteiger partial charge on any atom is -0.756 e. The molecule has 8 nitrogen and oxygen atoms in total. The molecule has 0 aliphatic carbocycles. The molecule has 1 unspecified atom stereocenters. The van der Waals surface area contributed by atoms with Crippen LogP contribution in [-0.2, 0) is 27.9 Å². The summed E-state index contributed by atoms with van der Waals surface area (Å²) in [5.74, 6) is -0.354. The molecule has 0 spiro atoms. The van der Waals surface area contributed by atoms with Crippen molar-refractivity contribution in [2.45, 2.75) is 225 Å². The molecular weight excluding hydrogens is 782 g/mol. The lowest BCUT2D eigenvalue weighted by Gasteiger charge is -2.28. The average molecular weight is 880 g/mol. The van der Waals surface area contributed by atoms with E-state index in [0.717, 1.165) is 70.6 Å². The average Bonchev–Trinajstić information content (AvgIpc) is 3.22. The van der Waals surface area contributed by atoms with Crippen molar-refractivity contribution in [2.24, 2.45) is 0 Å². The third-order valence-corrected chi connectivity index (χ3v) is 11.9. The van der Waals surface area contributed by atoms with E-state index < -0.39 is 13.9 Å². The van der Waals surface area contributed by atoms with Crippen molar-refractivity contribution >= 4 is 13.8 Å². The highest BCUT2D eigenvalue weighted by atomic mass is 31.2. The van der Waals surface area contributed by atoms with Gasteiger partial charge in [-0.15, -0.1) is 0 Å². The quantitative estimate of drug-likeness (QED) is 0.0198. The standard InChI is InChI=1S/C52H98NO7P/c1-6-8-10-12-14-16-18-20-22-24-25-26-27-28-30-32-34-36-38-40-42-44-47-57-49-51(50-59-61(55,56)58-48-46-53(3,4)5)60-52(54)45-43-41-39-37-35-33-31-29-23-21-19-17-15-13-11-9-7-2/h9,11,15,17,21,23,31,33,51H,6-8,10,12-14,16,18-20,22,24-30,32,34-50H2,1-5H3/b11-9-,17-15-,23-21-,33-31-/t51-/m1/s1. The Morgan fingerprint density at radius 2 is 0.951 bits per heavy atom. The van der Waals surface area contributed by atoms with Crippen molar-refractivity contribution in [3.8, 4) is 0 Å². The molecule has 0 aromatic heterocycles. The molecular formula is C52H98NO7P. The number of carbonyl (C=O) groups is 1. The fourth-order valence-corrected chi connectivity index (χ4v) is 7.74. The second-order valence-electron chi connectivity index (χ2n) is 18.2. The zero-order valence-electron chi connectivity index (χ0n) is 40.6. The lowest BCUT2D eigenvalue weighted by atomic mass is 10.0. The number of phosphoric ester groups is 1. The number of hydrogen-bond acceptors (Lipinski definition) is 7. The second kappa shape index (κ2) is 45.0. The Kier molecular flexibility index (Phi) is 43.9. The number of allylic oxidation sites excluding steroid dienone is 8. The number of quaternary nitrogens is 1. The van der Waals surface area contributed by atoms with Crippen LogP contribution in [-0.4, -0.2) is 70.7 Å². The largest absolute Gasteiger partial charge is 0.756 e. The number of ether oxygens (including phenoxy) is 2. The smallest absolute Gasteiger partial charge is 0.306 e. The molecule has 0 radical (unpaired) electrons. The first-order chi connectivity index (χ1) is 29.6. The third kappa shape index (κ3) is 49.3. The zero-order chi connectivity index (χ0) is 44.8. The molecule has 0 bridgehead atoms. The first kappa shape index (κ1) is 59.5. The lowest BCUT2D eigenvalue weighted by Crippen LogP contribution is -2.37. The molecule has 61 heavy (non-hydrogen) atoms. The second-order valence-corrected chi connectivity index (χ2v) is 19.6. The summed E-state index contributed by atoms with van der Waals surface area (Å²) in [6, 6.07) is 0. The van der Waals surface area contributed by atoms with Gasteiger partial charge in [0.05, 0.1) is 34.4 Å². The van der Waals surface area contributed by atoms with E-state index in [1.54, 1.807) is 0 Å². The van der Waals surface area contributed by atoms with E-state index in [-0.39, 0.29) is 32.2 Å². The number of rotatable bonds is 47. The van der Waals surface area contributed by atoms with Crippen molar-refractivity contribution < 1.29 is 37.3 Å². The van der Waals surface area contributed by atoms with Crippen molar-refractivity contribution in [2.75, 3.05) is 54.1 Å². The van der Waals surface area contributed by atoms with E-state index in [1.807, 2.05) is 21.1 Å². The summed E-state index contributed by atoms with van der Waals surface area (Å²) in [6.45, 7) is 5.30. The zero-order valence-corrected chi connectivity index (χ0v) is 41.5. The van der Waals surface area contributed by atoms with Crippen LogP contribution in [0.2, 0.25) is 0 Å². The van der Waals surface area contributed by atoms with Crippen LogP contribution in [0.15, 0.2) is 48.6 Å². The maximum Gasteiger partial charge on any atom is 0.306 e. The topological polar surface area (TPSA) is 94.1 Å². The highest BCUT2D eigenvalue weighted by Gasteiger charge is 2.20. The number of likely N-dealkylation sites (N-methyl/N-ethyl adjacent to an activating group) is 1. The van der Waals surface area contributed by atoms with Gasteiger partial charge in [-0.3, -0.25) is 9.36 Å². The number of unbranched alkanes of at least 4 members (excludes halogenated alkanes) is 25. The van der Waals surface area contributed by atoms with Crippen LogP contribution in [0.3, 0.4) is 0 Å². The molecule has 2 atom stereocenters. The van der Waals surface area contributed by atoms with E-state index in [4.69, 9.17) is 18.5 Å². The Labute approximate surface area is 378 Å². The Morgan fingerprint density at radius 1 is 0.525 bits per heavy atom. The number of carbonyl (C=O) groups excluding carboxylic acids is 1. The fourth-order valence-electron chi connectivity index (χ4n) is 7.01.